The largest absolute Gasteiger partial charge is 0.378 e. The van der Waals surface area contributed by atoms with Gasteiger partial charge in [0.25, 0.3) is 0 Å². The number of nitrogens with zero attached hydrogens (tertiary/aromatic N) is 3. The smallest absolute Gasteiger partial charge is 0.234 e. The fraction of sp³-hybridized carbons (Fsp3) is 0.250. The van der Waals surface area contributed by atoms with Gasteiger partial charge in [-0.05, 0) is 12.1 Å². The maximum atomic E-state index is 12.5. The Morgan fingerprint density at radius 1 is 1.11 bits per heavy atom. The highest BCUT2D eigenvalue weighted by atomic mass is 32.2. The number of morpholine rings is 1. The number of aromatic nitrogens is 3. The molecule has 28 heavy (non-hydrogen) atoms. The molecule has 3 aromatic rings. The molecule has 7 nitrogen and oxygen atoms in total. The van der Waals surface area contributed by atoms with Crippen molar-refractivity contribution in [2.24, 2.45) is 0 Å². The number of carbonyl (C=O) groups is 1. The van der Waals surface area contributed by atoms with Crippen LogP contribution in [0, 0.1) is 0 Å². The molecule has 1 aliphatic heterocycles. The Labute approximate surface area is 167 Å². The molecule has 2 heterocycles. The number of nitrogens with one attached hydrogen (secondary N) is 2. The molecule has 2 aromatic carbocycles. The van der Waals surface area contributed by atoms with E-state index in [0.717, 1.165) is 30.0 Å². The highest BCUT2D eigenvalue weighted by Gasteiger charge is 2.16. The third-order valence-electron chi connectivity index (χ3n) is 4.37. The molecular formula is C20H21N5O2S. The van der Waals surface area contributed by atoms with E-state index >= 15 is 0 Å². The molecule has 0 atom stereocenters. The fourth-order valence-corrected chi connectivity index (χ4v) is 3.61. The van der Waals surface area contributed by atoms with Crippen molar-refractivity contribution < 1.29 is 9.53 Å². The normalized spacial score (nSPS) is 14.1. The van der Waals surface area contributed by atoms with Crippen LogP contribution in [0.1, 0.15) is 0 Å². The van der Waals surface area contributed by atoms with Crippen molar-refractivity contribution in [2.45, 2.75) is 5.16 Å². The monoisotopic (exact) mass is 395 g/mol. The second-order valence-electron chi connectivity index (χ2n) is 6.29. The van der Waals surface area contributed by atoms with Crippen LogP contribution in [0.4, 0.5) is 11.4 Å². The summed E-state index contributed by atoms with van der Waals surface area (Å²) < 4.78 is 5.41. The molecule has 0 unspecified atom stereocenters. The van der Waals surface area contributed by atoms with E-state index < -0.39 is 0 Å². The molecule has 4 rings (SSSR count). The summed E-state index contributed by atoms with van der Waals surface area (Å²) in [5.41, 5.74) is 2.80. The van der Waals surface area contributed by atoms with Crippen molar-refractivity contribution in [3.05, 3.63) is 54.6 Å². The van der Waals surface area contributed by atoms with Crippen LogP contribution in [0.3, 0.4) is 0 Å². The summed E-state index contributed by atoms with van der Waals surface area (Å²) in [5.74, 6) is 0.849. The second kappa shape index (κ2) is 8.90. The topological polar surface area (TPSA) is 83.1 Å². The summed E-state index contributed by atoms with van der Waals surface area (Å²) >= 11 is 1.31. The maximum absolute atomic E-state index is 12.5. The predicted octanol–water partition coefficient (Wildman–Crippen LogP) is 3.04. The van der Waals surface area contributed by atoms with Crippen LogP contribution >= 0.6 is 11.8 Å². The number of amides is 1. The summed E-state index contributed by atoms with van der Waals surface area (Å²) in [6.45, 7) is 3.04. The number of benzene rings is 2. The van der Waals surface area contributed by atoms with Crippen LogP contribution in [0.15, 0.2) is 59.8 Å². The number of hydrogen-bond donors (Lipinski definition) is 2. The van der Waals surface area contributed by atoms with Gasteiger partial charge in [-0.3, -0.25) is 9.89 Å². The van der Waals surface area contributed by atoms with Gasteiger partial charge in [0, 0.05) is 18.7 Å². The third-order valence-corrected chi connectivity index (χ3v) is 5.22. The minimum atomic E-state index is -0.0863. The molecule has 2 N–H and O–H groups in total. The van der Waals surface area contributed by atoms with E-state index in [4.69, 9.17) is 4.74 Å². The molecule has 0 bridgehead atoms. The van der Waals surface area contributed by atoms with Gasteiger partial charge in [-0.15, -0.1) is 5.10 Å². The van der Waals surface area contributed by atoms with Crippen LogP contribution in [0.2, 0.25) is 0 Å². The molecule has 1 amide bonds. The second-order valence-corrected chi connectivity index (χ2v) is 7.23. The number of aromatic amines is 1. The molecule has 8 heteroatoms. The van der Waals surface area contributed by atoms with Crippen molar-refractivity contribution in [3.8, 4) is 11.4 Å². The van der Waals surface area contributed by atoms with E-state index in [0.29, 0.717) is 24.2 Å². The molecule has 0 aliphatic carbocycles. The van der Waals surface area contributed by atoms with Crippen molar-refractivity contribution in [3.63, 3.8) is 0 Å². The summed E-state index contributed by atoms with van der Waals surface area (Å²) in [5, 5.41) is 10.7. The summed E-state index contributed by atoms with van der Waals surface area (Å²) in [7, 11) is 0. The van der Waals surface area contributed by atoms with Crippen LogP contribution in [-0.2, 0) is 9.53 Å². The number of rotatable bonds is 6. The molecule has 144 valence electrons. The number of ether oxygens (including phenoxy) is 1. The Morgan fingerprint density at radius 3 is 2.68 bits per heavy atom. The van der Waals surface area contributed by atoms with Crippen molar-refractivity contribution >= 4 is 29.0 Å². The first-order valence-electron chi connectivity index (χ1n) is 9.12. The molecule has 1 saturated heterocycles. The predicted molar refractivity (Wildman–Crippen MR) is 111 cm³/mol. The Balaban J connectivity index is 1.36. The highest BCUT2D eigenvalue weighted by Crippen LogP contribution is 2.27. The Hall–Kier alpha value is -2.84. The first-order chi connectivity index (χ1) is 13.8. The van der Waals surface area contributed by atoms with Crippen LogP contribution in [0.5, 0.6) is 0 Å². The van der Waals surface area contributed by atoms with Gasteiger partial charge >= 0.3 is 0 Å². The molecule has 0 radical (unpaired) electrons. The van der Waals surface area contributed by atoms with E-state index in [1.54, 1.807) is 0 Å². The van der Waals surface area contributed by atoms with Crippen LogP contribution < -0.4 is 10.2 Å². The van der Waals surface area contributed by atoms with E-state index in [1.807, 2.05) is 54.6 Å². The zero-order chi connectivity index (χ0) is 19.2. The van der Waals surface area contributed by atoms with Crippen molar-refractivity contribution in [1.29, 1.82) is 0 Å². The minimum absolute atomic E-state index is 0.0863. The first kappa shape index (κ1) is 18.5. The number of H-pyrrole nitrogens is 1. The van der Waals surface area contributed by atoms with Gasteiger partial charge in [-0.1, -0.05) is 54.2 Å². The SMILES string of the molecule is O=C(CSc1n[nH]c(-c2ccccc2)n1)Nc1ccccc1N1CCOCC1. The zero-order valence-corrected chi connectivity index (χ0v) is 16.1. The average molecular weight is 395 g/mol. The van der Waals surface area contributed by atoms with Gasteiger partial charge in [-0.2, -0.15) is 0 Å². The van der Waals surface area contributed by atoms with E-state index in [9.17, 15) is 4.79 Å². The van der Waals surface area contributed by atoms with Gasteiger partial charge in [0.2, 0.25) is 11.1 Å². The van der Waals surface area contributed by atoms with E-state index in [-0.39, 0.29) is 11.7 Å². The number of hydrogen-bond acceptors (Lipinski definition) is 6. The van der Waals surface area contributed by atoms with Gasteiger partial charge in [-0.25, -0.2) is 4.98 Å². The lowest BCUT2D eigenvalue weighted by atomic mass is 10.2. The summed E-state index contributed by atoms with van der Waals surface area (Å²) in [4.78, 5) is 19.1. The van der Waals surface area contributed by atoms with Crippen LogP contribution in [0.25, 0.3) is 11.4 Å². The Bertz CT molecular complexity index is 925. The number of para-hydroxylation sites is 2. The maximum Gasteiger partial charge on any atom is 0.234 e. The number of anilines is 2. The quantitative estimate of drug-likeness (QED) is 0.624. The standard InChI is InChI=1S/C20H21N5O2S/c26-18(14-28-20-22-19(23-24-20)15-6-2-1-3-7-15)21-16-8-4-5-9-17(16)25-10-12-27-13-11-25/h1-9H,10-14H2,(H,21,26)(H,22,23,24). The third kappa shape index (κ3) is 4.52. The molecule has 1 aliphatic rings. The van der Waals surface area contributed by atoms with Gasteiger partial charge in [0.1, 0.15) is 0 Å². The Morgan fingerprint density at radius 2 is 1.86 bits per heavy atom. The minimum Gasteiger partial charge on any atom is -0.378 e. The lowest BCUT2D eigenvalue weighted by Crippen LogP contribution is -2.36. The molecule has 1 fully saturated rings. The van der Waals surface area contributed by atoms with Gasteiger partial charge < -0.3 is 15.0 Å². The highest BCUT2D eigenvalue weighted by molar-refractivity contribution is 7.99. The fourth-order valence-electron chi connectivity index (χ4n) is 3.01. The number of carbonyl (C=O) groups excluding carboxylic acids is 1. The Kier molecular flexibility index (Phi) is 5.89. The summed E-state index contributed by atoms with van der Waals surface area (Å²) in [6.07, 6.45) is 0. The van der Waals surface area contributed by atoms with E-state index in [2.05, 4.69) is 25.4 Å². The number of thioether (sulfide) groups is 1. The lowest BCUT2D eigenvalue weighted by molar-refractivity contribution is -0.113. The summed E-state index contributed by atoms with van der Waals surface area (Å²) in [6, 6.07) is 17.6. The average Bonchev–Trinajstić information content (AvgIpc) is 3.23. The molecule has 0 saturated carbocycles. The van der Waals surface area contributed by atoms with Crippen molar-refractivity contribution in [1.82, 2.24) is 15.2 Å². The van der Waals surface area contributed by atoms with Crippen LogP contribution in [-0.4, -0.2) is 53.1 Å². The first-order valence-corrected chi connectivity index (χ1v) is 10.1. The van der Waals surface area contributed by atoms with Gasteiger partial charge in [0.15, 0.2) is 5.82 Å². The molecule has 1 aromatic heterocycles. The molecule has 0 spiro atoms. The van der Waals surface area contributed by atoms with E-state index in [1.165, 1.54) is 11.8 Å². The van der Waals surface area contributed by atoms with Crippen molar-refractivity contribution in [2.75, 3.05) is 42.3 Å². The molecular weight excluding hydrogens is 374 g/mol. The zero-order valence-electron chi connectivity index (χ0n) is 15.3. The lowest BCUT2D eigenvalue weighted by Gasteiger charge is -2.30. The van der Waals surface area contributed by atoms with Gasteiger partial charge in [0.05, 0.1) is 30.3 Å².